The summed E-state index contributed by atoms with van der Waals surface area (Å²) in [6, 6.07) is 0. The number of carboxylic acid groups (broad SMARTS) is 1. The number of hydrogen-bond acceptors (Lipinski definition) is 1. The average Bonchev–Trinajstić information content (AvgIpc) is 2.60. The standard InChI is InChI=1S/C9H12O2/c10-8(11)9-2-1-5(4-9)6-3-7(6)9/h5-7H,1-4H2,(H,10,11)/t5-,6+,7+,9-/m0/s1. The van der Waals surface area contributed by atoms with Gasteiger partial charge in [-0.1, -0.05) is 0 Å². The quantitative estimate of drug-likeness (QED) is 0.618. The third-order valence-corrected chi connectivity index (χ3v) is 4.17. The van der Waals surface area contributed by atoms with Crippen molar-refractivity contribution in [1.29, 1.82) is 0 Å². The first kappa shape index (κ1) is 6.04. The molecule has 3 aliphatic rings. The van der Waals surface area contributed by atoms with E-state index in [0.29, 0.717) is 5.92 Å². The predicted octanol–water partition coefficient (Wildman–Crippen LogP) is 1.51. The Morgan fingerprint density at radius 2 is 2.36 bits per heavy atom. The predicted molar refractivity (Wildman–Crippen MR) is 39.0 cm³/mol. The third-order valence-electron chi connectivity index (χ3n) is 4.17. The van der Waals surface area contributed by atoms with Gasteiger partial charge in [-0.25, -0.2) is 0 Å². The molecule has 3 fully saturated rings. The van der Waals surface area contributed by atoms with Gasteiger partial charge in [-0.15, -0.1) is 0 Å². The fourth-order valence-corrected chi connectivity index (χ4v) is 3.54. The molecule has 2 bridgehead atoms. The molecule has 1 N–H and O–H groups in total. The number of fused-ring (bicyclic) bond motifs is 5. The molecule has 0 radical (unpaired) electrons. The molecule has 0 unspecified atom stereocenters. The van der Waals surface area contributed by atoms with E-state index in [1.54, 1.807) is 0 Å². The summed E-state index contributed by atoms with van der Waals surface area (Å²) < 4.78 is 0. The van der Waals surface area contributed by atoms with Crippen LogP contribution in [-0.2, 0) is 4.79 Å². The van der Waals surface area contributed by atoms with Crippen molar-refractivity contribution >= 4 is 5.97 Å². The maximum atomic E-state index is 11.0. The molecule has 4 atom stereocenters. The van der Waals surface area contributed by atoms with Crippen molar-refractivity contribution < 1.29 is 9.90 Å². The van der Waals surface area contributed by atoms with Crippen LogP contribution in [0, 0.1) is 23.2 Å². The minimum Gasteiger partial charge on any atom is -0.481 e. The molecule has 2 heteroatoms. The summed E-state index contributed by atoms with van der Waals surface area (Å²) in [6.07, 6.45) is 4.37. The van der Waals surface area contributed by atoms with E-state index in [9.17, 15) is 4.79 Å². The molecule has 3 aliphatic carbocycles. The van der Waals surface area contributed by atoms with Crippen molar-refractivity contribution in [2.24, 2.45) is 23.2 Å². The van der Waals surface area contributed by atoms with Crippen LogP contribution < -0.4 is 0 Å². The van der Waals surface area contributed by atoms with E-state index in [4.69, 9.17) is 5.11 Å². The first-order valence-corrected chi connectivity index (χ1v) is 4.47. The van der Waals surface area contributed by atoms with Crippen LogP contribution in [0.3, 0.4) is 0 Å². The van der Waals surface area contributed by atoms with Gasteiger partial charge in [0.05, 0.1) is 5.41 Å². The van der Waals surface area contributed by atoms with Crippen LogP contribution in [0.15, 0.2) is 0 Å². The second kappa shape index (κ2) is 1.47. The first-order chi connectivity index (χ1) is 5.24. The number of aliphatic carboxylic acids is 1. The lowest BCUT2D eigenvalue weighted by molar-refractivity contribution is -0.149. The topological polar surface area (TPSA) is 37.3 Å². The SMILES string of the molecule is O=C(O)[C@@]12CC[C@@H](C1)[C@H]1C[C@H]12. The smallest absolute Gasteiger partial charge is 0.309 e. The zero-order valence-electron chi connectivity index (χ0n) is 6.42. The van der Waals surface area contributed by atoms with E-state index in [2.05, 4.69) is 0 Å². The zero-order valence-corrected chi connectivity index (χ0v) is 6.42. The zero-order chi connectivity index (χ0) is 7.64. The Morgan fingerprint density at radius 3 is 2.82 bits per heavy atom. The monoisotopic (exact) mass is 152 g/mol. The Labute approximate surface area is 65.6 Å². The fraction of sp³-hybridized carbons (Fsp3) is 0.889. The lowest BCUT2D eigenvalue weighted by Gasteiger charge is -2.21. The van der Waals surface area contributed by atoms with Gasteiger partial charge in [0.15, 0.2) is 0 Å². The van der Waals surface area contributed by atoms with Gasteiger partial charge in [-0.3, -0.25) is 4.79 Å². The van der Waals surface area contributed by atoms with Crippen LogP contribution in [0.4, 0.5) is 0 Å². The molecule has 0 aromatic carbocycles. The average molecular weight is 152 g/mol. The number of carboxylic acids is 1. The summed E-state index contributed by atoms with van der Waals surface area (Å²) in [6.45, 7) is 0. The van der Waals surface area contributed by atoms with Crippen LogP contribution in [0.1, 0.15) is 25.7 Å². The van der Waals surface area contributed by atoms with Crippen molar-refractivity contribution in [3.63, 3.8) is 0 Å². The minimum atomic E-state index is -0.509. The summed E-state index contributed by atoms with van der Waals surface area (Å²) in [4.78, 5) is 11.0. The van der Waals surface area contributed by atoms with Gasteiger partial charge in [-0.2, -0.15) is 0 Å². The Bertz CT molecular complexity index is 236. The molecule has 0 aliphatic heterocycles. The lowest BCUT2D eigenvalue weighted by atomic mass is 9.82. The summed E-state index contributed by atoms with van der Waals surface area (Å²) in [5.41, 5.74) is -0.241. The summed E-state index contributed by atoms with van der Waals surface area (Å²) in [7, 11) is 0. The molecule has 11 heavy (non-hydrogen) atoms. The van der Waals surface area contributed by atoms with Crippen molar-refractivity contribution in [1.82, 2.24) is 0 Å². The summed E-state index contributed by atoms with van der Waals surface area (Å²) in [5.74, 6) is 1.68. The molecule has 0 saturated heterocycles. The molecule has 0 amide bonds. The van der Waals surface area contributed by atoms with Crippen molar-refractivity contribution in [2.75, 3.05) is 0 Å². The van der Waals surface area contributed by atoms with Gasteiger partial charge in [0, 0.05) is 0 Å². The maximum absolute atomic E-state index is 11.0. The summed E-state index contributed by atoms with van der Waals surface area (Å²) in [5, 5.41) is 9.09. The van der Waals surface area contributed by atoms with E-state index >= 15 is 0 Å². The highest BCUT2D eigenvalue weighted by Crippen LogP contribution is 2.72. The maximum Gasteiger partial charge on any atom is 0.309 e. The molecular formula is C9H12O2. The first-order valence-electron chi connectivity index (χ1n) is 4.47. The molecule has 0 heterocycles. The van der Waals surface area contributed by atoms with E-state index in [1.807, 2.05) is 0 Å². The number of rotatable bonds is 1. The van der Waals surface area contributed by atoms with Crippen molar-refractivity contribution in [2.45, 2.75) is 25.7 Å². The normalized spacial score (nSPS) is 57.6. The lowest BCUT2D eigenvalue weighted by Crippen LogP contribution is -2.28. The molecule has 0 spiro atoms. The molecule has 0 aromatic rings. The van der Waals surface area contributed by atoms with Gasteiger partial charge in [0.25, 0.3) is 0 Å². The van der Waals surface area contributed by atoms with Crippen LogP contribution in [0.25, 0.3) is 0 Å². The Hall–Kier alpha value is -0.530. The summed E-state index contributed by atoms with van der Waals surface area (Å²) >= 11 is 0. The van der Waals surface area contributed by atoms with Gasteiger partial charge in [0.1, 0.15) is 0 Å². The molecule has 3 saturated carbocycles. The third kappa shape index (κ3) is 0.501. The van der Waals surface area contributed by atoms with E-state index < -0.39 is 5.97 Å². The van der Waals surface area contributed by atoms with E-state index in [1.165, 1.54) is 12.8 Å². The second-order valence-electron chi connectivity index (χ2n) is 4.47. The van der Waals surface area contributed by atoms with E-state index in [0.717, 1.165) is 24.7 Å². The molecular weight excluding hydrogens is 140 g/mol. The molecule has 3 rings (SSSR count). The highest BCUT2D eigenvalue weighted by Gasteiger charge is 2.69. The van der Waals surface area contributed by atoms with Gasteiger partial charge >= 0.3 is 5.97 Å². The van der Waals surface area contributed by atoms with Crippen LogP contribution >= 0.6 is 0 Å². The van der Waals surface area contributed by atoms with Gasteiger partial charge < -0.3 is 5.11 Å². The highest BCUT2D eigenvalue weighted by atomic mass is 16.4. The fourth-order valence-electron chi connectivity index (χ4n) is 3.54. The van der Waals surface area contributed by atoms with Crippen LogP contribution in [0.5, 0.6) is 0 Å². The molecule has 60 valence electrons. The largest absolute Gasteiger partial charge is 0.481 e. The highest BCUT2D eigenvalue weighted by molar-refractivity contribution is 5.77. The van der Waals surface area contributed by atoms with Crippen molar-refractivity contribution in [3.05, 3.63) is 0 Å². The Morgan fingerprint density at radius 1 is 1.55 bits per heavy atom. The van der Waals surface area contributed by atoms with Crippen LogP contribution in [-0.4, -0.2) is 11.1 Å². The van der Waals surface area contributed by atoms with Crippen LogP contribution in [0.2, 0.25) is 0 Å². The number of hydrogen-bond donors (Lipinski definition) is 1. The van der Waals surface area contributed by atoms with Crippen molar-refractivity contribution in [3.8, 4) is 0 Å². The van der Waals surface area contributed by atoms with Gasteiger partial charge in [-0.05, 0) is 43.4 Å². The van der Waals surface area contributed by atoms with E-state index in [-0.39, 0.29) is 5.41 Å². The Balaban J connectivity index is 2.03. The molecule has 0 aromatic heterocycles. The van der Waals surface area contributed by atoms with Gasteiger partial charge in [0.2, 0.25) is 0 Å². The second-order valence-corrected chi connectivity index (χ2v) is 4.47. The number of carbonyl (C=O) groups is 1. The Kier molecular flexibility index (Phi) is 0.809. The minimum absolute atomic E-state index is 0.241. The molecule has 2 nitrogen and oxygen atoms in total.